The SMILES string of the molecule is Cc1c([N+](=O)[O-])ccc2c1C(N1Cc3ccccc3C1=O)=C(NCCO)C(C)(C)O2. The minimum atomic E-state index is -0.838. The second-order valence-corrected chi connectivity index (χ2v) is 7.87. The van der Waals surface area contributed by atoms with Crippen molar-refractivity contribution in [3.05, 3.63) is 74.5 Å². The van der Waals surface area contributed by atoms with E-state index >= 15 is 0 Å². The molecule has 2 aliphatic heterocycles. The zero-order valence-corrected chi connectivity index (χ0v) is 17.1. The number of nitro benzene ring substituents is 1. The van der Waals surface area contributed by atoms with Gasteiger partial charge in [0.2, 0.25) is 0 Å². The molecule has 8 nitrogen and oxygen atoms in total. The maximum Gasteiger partial charge on any atom is 0.273 e. The van der Waals surface area contributed by atoms with E-state index in [0.29, 0.717) is 40.4 Å². The van der Waals surface area contributed by atoms with Crippen LogP contribution >= 0.6 is 0 Å². The van der Waals surface area contributed by atoms with Crippen molar-refractivity contribution in [3.63, 3.8) is 0 Å². The number of amides is 1. The molecule has 0 spiro atoms. The van der Waals surface area contributed by atoms with Crippen molar-refractivity contribution in [1.29, 1.82) is 0 Å². The van der Waals surface area contributed by atoms with Crippen molar-refractivity contribution in [2.45, 2.75) is 32.9 Å². The topological polar surface area (TPSA) is 105 Å². The molecule has 0 atom stereocenters. The molecule has 0 aromatic heterocycles. The lowest BCUT2D eigenvalue weighted by molar-refractivity contribution is -0.385. The highest BCUT2D eigenvalue weighted by Crippen LogP contribution is 2.47. The highest BCUT2D eigenvalue weighted by atomic mass is 16.6. The van der Waals surface area contributed by atoms with Crippen LogP contribution in [0.25, 0.3) is 5.70 Å². The lowest BCUT2D eigenvalue weighted by Crippen LogP contribution is -2.45. The predicted octanol–water partition coefficient (Wildman–Crippen LogP) is 2.98. The Hall–Kier alpha value is -3.39. The second kappa shape index (κ2) is 7.14. The van der Waals surface area contributed by atoms with Crippen LogP contribution in [-0.4, -0.2) is 39.6 Å². The van der Waals surface area contributed by atoms with Gasteiger partial charge in [-0.2, -0.15) is 0 Å². The van der Waals surface area contributed by atoms with Crippen LogP contribution in [0.15, 0.2) is 42.1 Å². The van der Waals surface area contributed by atoms with E-state index < -0.39 is 10.5 Å². The average Bonchev–Trinajstić information content (AvgIpc) is 3.02. The highest BCUT2D eigenvalue weighted by Gasteiger charge is 2.43. The molecule has 0 radical (unpaired) electrons. The molecule has 2 aromatic carbocycles. The highest BCUT2D eigenvalue weighted by molar-refractivity contribution is 6.04. The Morgan fingerprint density at radius 2 is 2.00 bits per heavy atom. The fourth-order valence-corrected chi connectivity index (χ4v) is 4.17. The van der Waals surface area contributed by atoms with Gasteiger partial charge in [0.15, 0.2) is 0 Å². The van der Waals surface area contributed by atoms with Gasteiger partial charge in [-0.05, 0) is 38.5 Å². The average molecular weight is 409 g/mol. The first-order chi connectivity index (χ1) is 14.3. The molecule has 2 aliphatic rings. The Kier molecular flexibility index (Phi) is 4.74. The Morgan fingerprint density at radius 1 is 1.27 bits per heavy atom. The monoisotopic (exact) mass is 409 g/mol. The summed E-state index contributed by atoms with van der Waals surface area (Å²) in [5.74, 6) is 0.315. The van der Waals surface area contributed by atoms with E-state index in [9.17, 15) is 20.0 Å². The minimum absolute atomic E-state index is 0.0415. The minimum Gasteiger partial charge on any atom is -0.481 e. The quantitative estimate of drug-likeness (QED) is 0.581. The third-order valence-corrected chi connectivity index (χ3v) is 5.54. The number of hydrogen-bond donors (Lipinski definition) is 2. The molecule has 2 aromatic rings. The fourth-order valence-electron chi connectivity index (χ4n) is 4.17. The molecule has 2 heterocycles. The van der Waals surface area contributed by atoms with E-state index in [1.165, 1.54) is 6.07 Å². The summed E-state index contributed by atoms with van der Waals surface area (Å²) in [5, 5.41) is 24.2. The first-order valence-electron chi connectivity index (χ1n) is 9.73. The number of carbonyl (C=O) groups is 1. The maximum atomic E-state index is 13.3. The molecule has 0 saturated carbocycles. The molecule has 1 amide bonds. The number of hydrogen-bond acceptors (Lipinski definition) is 6. The molecular weight excluding hydrogens is 386 g/mol. The normalized spacial score (nSPS) is 16.8. The van der Waals surface area contributed by atoms with Crippen molar-refractivity contribution in [2.24, 2.45) is 0 Å². The van der Waals surface area contributed by atoms with Gasteiger partial charge in [-0.25, -0.2) is 0 Å². The third kappa shape index (κ3) is 3.00. The second-order valence-electron chi connectivity index (χ2n) is 7.87. The zero-order chi connectivity index (χ0) is 21.6. The van der Waals surface area contributed by atoms with Crippen LogP contribution in [0.2, 0.25) is 0 Å². The van der Waals surface area contributed by atoms with E-state index in [1.807, 2.05) is 32.0 Å². The van der Waals surface area contributed by atoms with Gasteiger partial charge in [-0.3, -0.25) is 14.9 Å². The summed E-state index contributed by atoms with van der Waals surface area (Å²) >= 11 is 0. The van der Waals surface area contributed by atoms with Gasteiger partial charge < -0.3 is 20.1 Å². The summed E-state index contributed by atoms with van der Waals surface area (Å²) in [6.07, 6.45) is 0. The molecule has 8 heteroatoms. The molecule has 4 rings (SSSR count). The lowest BCUT2D eigenvalue weighted by Gasteiger charge is -2.40. The van der Waals surface area contributed by atoms with Crippen LogP contribution < -0.4 is 10.1 Å². The van der Waals surface area contributed by atoms with Crippen LogP contribution in [0.5, 0.6) is 5.75 Å². The number of ether oxygens (including phenoxy) is 1. The van der Waals surface area contributed by atoms with Crippen LogP contribution in [0.1, 0.15) is 40.9 Å². The molecule has 0 aliphatic carbocycles. The van der Waals surface area contributed by atoms with Crippen molar-refractivity contribution in [2.75, 3.05) is 13.2 Å². The summed E-state index contributed by atoms with van der Waals surface area (Å²) in [6.45, 7) is 5.88. The zero-order valence-electron chi connectivity index (χ0n) is 17.1. The first-order valence-corrected chi connectivity index (χ1v) is 9.73. The van der Waals surface area contributed by atoms with E-state index in [-0.39, 0.29) is 24.7 Å². The number of nitrogens with one attached hydrogen (secondary N) is 1. The Labute approximate surface area is 173 Å². The van der Waals surface area contributed by atoms with Gasteiger partial charge in [0.05, 0.1) is 35.0 Å². The number of rotatable bonds is 5. The summed E-state index contributed by atoms with van der Waals surface area (Å²) in [4.78, 5) is 26.1. The smallest absolute Gasteiger partial charge is 0.273 e. The predicted molar refractivity (Wildman–Crippen MR) is 111 cm³/mol. The van der Waals surface area contributed by atoms with Crippen LogP contribution in [0.3, 0.4) is 0 Å². The molecule has 0 fully saturated rings. The number of fused-ring (bicyclic) bond motifs is 2. The molecular formula is C22H23N3O5. The van der Waals surface area contributed by atoms with Gasteiger partial charge in [-0.1, -0.05) is 18.2 Å². The maximum absolute atomic E-state index is 13.3. The van der Waals surface area contributed by atoms with Crippen molar-refractivity contribution < 1.29 is 19.6 Å². The van der Waals surface area contributed by atoms with Gasteiger partial charge in [0, 0.05) is 23.7 Å². The summed E-state index contributed by atoms with van der Waals surface area (Å²) in [7, 11) is 0. The summed E-state index contributed by atoms with van der Waals surface area (Å²) in [5.41, 5.74) is 2.73. The summed E-state index contributed by atoms with van der Waals surface area (Å²) in [6, 6.07) is 10.4. The Morgan fingerprint density at radius 3 is 2.67 bits per heavy atom. The number of aliphatic hydroxyl groups is 1. The number of nitro groups is 1. The largest absolute Gasteiger partial charge is 0.481 e. The summed E-state index contributed by atoms with van der Waals surface area (Å²) < 4.78 is 6.18. The molecule has 2 N–H and O–H groups in total. The molecule has 0 saturated heterocycles. The standard InChI is InChI=1S/C22H23N3O5/c1-13-16(25(28)29)8-9-17-18(13)19(20(23-10-11-26)22(2,3)30-17)24-12-14-6-4-5-7-15(14)21(24)27/h4-9,23,26H,10-12H2,1-3H3. The fraction of sp³-hybridized carbons (Fsp3) is 0.318. The van der Waals surface area contributed by atoms with E-state index in [4.69, 9.17) is 4.74 Å². The van der Waals surface area contributed by atoms with Crippen LogP contribution in [0, 0.1) is 17.0 Å². The van der Waals surface area contributed by atoms with Gasteiger partial charge in [0.1, 0.15) is 11.4 Å². The van der Waals surface area contributed by atoms with E-state index in [0.717, 1.165) is 5.56 Å². The Bertz CT molecular complexity index is 1090. The molecule has 30 heavy (non-hydrogen) atoms. The van der Waals surface area contributed by atoms with Crippen LogP contribution in [0.4, 0.5) is 5.69 Å². The van der Waals surface area contributed by atoms with Crippen molar-refractivity contribution in [1.82, 2.24) is 10.2 Å². The van der Waals surface area contributed by atoms with Crippen molar-refractivity contribution >= 4 is 17.3 Å². The van der Waals surface area contributed by atoms with E-state index in [1.54, 1.807) is 24.0 Å². The number of nitrogens with zero attached hydrogens (tertiary/aromatic N) is 2. The number of aliphatic hydroxyl groups excluding tert-OH is 1. The van der Waals surface area contributed by atoms with Gasteiger partial charge >= 0.3 is 0 Å². The molecule has 0 bridgehead atoms. The van der Waals surface area contributed by atoms with Crippen molar-refractivity contribution in [3.8, 4) is 5.75 Å². The molecule has 0 unspecified atom stereocenters. The molecule has 156 valence electrons. The van der Waals surface area contributed by atoms with Crippen LogP contribution in [-0.2, 0) is 6.54 Å². The van der Waals surface area contributed by atoms with Gasteiger partial charge in [0.25, 0.3) is 11.6 Å². The number of carbonyl (C=O) groups excluding carboxylic acids is 1. The lowest BCUT2D eigenvalue weighted by atomic mass is 9.90. The Balaban J connectivity index is 1.98. The first kappa shape index (κ1) is 19.9. The van der Waals surface area contributed by atoms with E-state index in [2.05, 4.69) is 5.32 Å². The third-order valence-electron chi connectivity index (χ3n) is 5.54. The number of benzene rings is 2. The van der Waals surface area contributed by atoms with Gasteiger partial charge in [-0.15, -0.1) is 0 Å².